The molecule has 1 saturated carbocycles. The normalized spacial score (nSPS) is 17.6. The van der Waals surface area contributed by atoms with Crippen LogP contribution in [-0.4, -0.2) is 36.1 Å². The summed E-state index contributed by atoms with van der Waals surface area (Å²) in [5.74, 6) is 0.746. The number of hydrogen-bond acceptors (Lipinski definition) is 5. The van der Waals surface area contributed by atoms with Crippen molar-refractivity contribution in [3.05, 3.63) is 18.0 Å². The maximum atomic E-state index is 9.58. The van der Waals surface area contributed by atoms with E-state index >= 15 is 0 Å². The van der Waals surface area contributed by atoms with Gasteiger partial charge in [0.1, 0.15) is 6.26 Å². The summed E-state index contributed by atoms with van der Waals surface area (Å²) in [4.78, 5) is 0. The highest BCUT2D eigenvalue weighted by Crippen LogP contribution is 2.28. The van der Waals surface area contributed by atoms with Crippen LogP contribution in [0.5, 0.6) is 0 Å². The van der Waals surface area contributed by atoms with Gasteiger partial charge in [-0.25, -0.2) is 0 Å². The molecular weight excluding hydrogens is 208 g/mol. The predicted octanol–water partition coefficient (Wildman–Crippen LogP) is 0.552. The predicted molar refractivity (Wildman–Crippen MR) is 57.8 cm³/mol. The lowest BCUT2D eigenvalue weighted by atomic mass is 10.3. The molecule has 1 fully saturated rings. The second kappa shape index (κ2) is 5.98. The van der Waals surface area contributed by atoms with Crippen LogP contribution in [0.25, 0.3) is 0 Å². The van der Waals surface area contributed by atoms with E-state index in [4.69, 9.17) is 9.26 Å². The van der Waals surface area contributed by atoms with Gasteiger partial charge in [0.25, 0.3) is 0 Å². The first-order valence-electron chi connectivity index (χ1n) is 5.70. The molecular formula is C11H18N2O3. The molecule has 5 nitrogen and oxygen atoms in total. The summed E-state index contributed by atoms with van der Waals surface area (Å²) in [6.45, 7) is 2.32. The second-order valence-electron chi connectivity index (χ2n) is 4.26. The molecule has 1 atom stereocenters. The van der Waals surface area contributed by atoms with E-state index in [9.17, 15) is 5.11 Å². The molecule has 16 heavy (non-hydrogen) atoms. The van der Waals surface area contributed by atoms with Gasteiger partial charge in [0.2, 0.25) is 0 Å². The molecule has 1 aliphatic rings. The van der Waals surface area contributed by atoms with Gasteiger partial charge in [-0.1, -0.05) is 5.16 Å². The summed E-state index contributed by atoms with van der Waals surface area (Å²) in [7, 11) is 0. The molecule has 1 aromatic rings. The van der Waals surface area contributed by atoms with Crippen LogP contribution in [0.1, 0.15) is 18.5 Å². The van der Waals surface area contributed by atoms with Gasteiger partial charge in [-0.3, -0.25) is 0 Å². The lowest BCUT2D eigenvalue weighted by Gasteiger charge is -2.11. The van der Waals surface area contributed by atoms with E-state index in [1.807, 2.05) is 0 Å². The highest BCUT2D eigenvalue weighted by molar-refractivity contribution is 4.94. The Balaban J connectivity index is 1.48. The highest BCUT2D eigenvalue weighted by Gasteiger charge is 2.21. The van der Waals surface area contributed by atoms with Crippen molar-refractivity contribution in [1.29, 1.82) is 0 Å². The van der Waals surface area contributed by atoms with Crippen molar-refractivity contribution in [2.75, 3.05) is 19.8 Å². The van der Waals surface area contributed by atoms with E-state index in [1.165, 1.54) is 19.1 Å². The molecule has 1 heterocycles. The first kappa shape index (κ1) is 11.6. The van der Waals surface area contributed by atoms with Crippen LogP contribution in [0.15, 0.2) is 16.9 Å². The van der Waals surface area contributed by atoms with Crippen LogP contribution in [0.4, 0.5) is 0 Å². The number of aliphatic hydroxyl groups excluding tert-OH is 1. The van der Waals surface area contributed by atoms with Crippen LogP contribution in [-0.2, 0) is 11.3 Å². The molecule has 1 aliphatic carbocycles. The van der Waals surface area contributed by atoms with Crippen molar-refractivity contribution in [2.24, 2.45) is 5.92 Å². The van der Waals surface area contributed by atoms with Gasteiger partial charge in [0, 0.05) is 25.8 Å². The molecule has 2 rings (SSSR count). The van der Waals surface area contributed by atoms with Gasteiger partial charge in [-0.2, -0.15) is 0 Å². The van der Waals surface area contributed by atoms with Crippen LogP contribution in [0.3, 0.4) is 0 Å². The number of aromatic nitrogens is 1. The first-order valence-corrected chi connectivity index (χ1v) is 5.70. The maximum absolute atomic E-state index is 9.58. The summed E-state index contributed by atoms with van der Waals surface area (Å²) >= 11 is 0. The second-order valence-corrected chi connectivity index (χ2v) is 4.26. The zero-order valence-electron chi connectivity index (χ0n) is 9.26. The van der Waals surface area contributed by atoms with Crippen molar-refractivity contribution >= 4 is 0 Å². The highest BCUT2D eigenvalue weighted by atomic mass is 16.5. The molecule has 0 aromatic carbocycles. The fourth-order valence-corrected chi connectivity index (χ4v) is 1.41. The zero-order chi connectivity index (χ0) is 11.2. The number of nitrogens with zero attached hydrogens (tertiary/aromatic N) is 1. The largest absolute Gasteiger partial charge is 0.389 e. The first-order chi connectivity index (χ1) is 7.84. The molecule has 1 unspecified atom stereocenters. The fourth-order valence-electron chi connectivity index (χ4n) is 1.41. The minimum absolute atomic E-state index is 0.405. The number of rotatable bonds is 8. The molecule has 0 bridgehead atoms. The summed E-state index contributed by atoms with van der Waals surface area (Å²) in [5, 5.41) is 16.4. The quantitative estimate of drug-likeness (QED) is 0.677. The summed E-state index contributed by atoms with van der Waals surface area (Å²) < 4.78 is 10.1. The van der Waals surface area contributed by atoms with Crippen LogP contribution in [0.2, 0.25) is 0 Å². The van der Waals surface area contributed by atoms with Gasteiger partial charge in [0.15, 0.2) is 0 Å². The molecule has 2 N–H and O–H groups in total. The monoisotopic (exact) mass is 226 g/mol. The van der Waals surface area contributed by atoms with Gasteiger partial charge in [-0.15, -0.1) is 0 Å². The zero-order valence-corrected chi connectivity index (χ0v) is 9.26. The number of hydrogen-bond donors (Lipinski definition) is 2. The Morgan fingerprint density at radius 1 is 1.62 bits per heavy atom. The lowest BCUT2D eigenvalue weighted by Crippen LogP contribution is -2.30. The van der Waals surface area contributed by atoms with Crippen LogP contribution in [0, 0.1) is 5.92 Å². The molecule has 1 aromatic heterocycles. The fraction of sp³-hybridized carbons (Fsp3) is 0.727. The standard InChI is InChI=1S/C11H18N2O3/c14-11(8-15-7-9-1-2-9)6-12-5-10-3-4-16-13-10/h3-4,9,11-12,14H,1-2,5-8H2. The van der Waals surface area contributed by atoms with Crippen molar-refractivity contribution in [2.45, 2.75) is 25.5 Å². The number of ether oxygens (including phenoxy) is 1. The molecule has 0 aliphatic heterocycles. The number of aliphatic hydroxyl groups is 1. The van der Waals surface area contributed by atoms with Crippen molar-refractivity contribution in [3.8, 4) is 0 Å². The van der Waals surface area contributed by atoms with Crippen LogP contribution >= 0.6 is 0 Å². The molecule has 90 valence electrons. The lowest BCUT2D eigenvalue weighted by molar-refractivity contribution is 0.0324. The Morgan fingerprint density at radius 3 is 3.19 bits per heavy atom. The summed E-state index contributed by atoms with van der Waals surface area (Å²) in [6.07, 6.45) is 3.64. The van der Waals surface area contributed by atoms with E-state index in [-0.39, 0.29) is 0 Å². The Labute approximate surface area is 94.8 Å². The third kappa shape index (κ3) is 4.30. The topological polar surface area (TPSA) is 67.5 Å². The SMILES string of the molecule is OC(CNCc1ccon1)COCC1CC1. The minimum atomic E-state index is -0.453. The minimum Gasteiger partial charge on any atom is -0.389 e. The Kier molecular flexibility index (Phi) is 4.33. The van der Waals surface area contributed by atoms with E-state index in [1.54, 1.807) is 6.07 Å². The Hall–Kier alpha value is -0.910. The van der Waals surface area contributed by atoms with Gasteiger partial charge in [-0.05, 0) is 18.8 Å². The Morgan fingerprint density at radius 2 is 2.50 bits per heavy atom. The average Bonchev–Trinajstić information content (AvgIpc) is 2.94. The van der Waals surface area contributed by atoms with Gasteiger partial charge >= 0.3 is 0 Å². The van der Waals surface area contributed by atoms with E-state index in [2.05, 4.69) is 10.5 Å². The number of nitrogens with one attached hydrogen (secondary N) is 1. The van der Waals surface area contributed by atoms with Crippen molar-refractivity contribution in [1.82, 2.24) is 10.5 Å². The third-order valence-corrected chi connectivity index (χ3v) is 2.54. The van der Waals surface area contributed by atoms with Crippen LogP contribution < -0.4 is 5.32 Å². The maximum Gasteiger partial charge on any atom is 0.124 e. The van der Waals surface area contributed by atoms with Crippen molar-refractivity contribution < 1.29 is 14.4 Å². The molecule has 0 saturated heterocycles. The van der Waals surface area contributed by atoms with Gasteiger partial charge in [0.05, 0.1) is 18.4 Å². The third-order valence-electron chi connectivity index (χ3n) is 2.54. The average molecular weight is 226 g/mol. The molecule has 0 radical (unpaired) electrons. The van der Waals surface area contributed by atoms with Crippen molar-refractivity contribution in [3.63, 3.8) is 0 Å². The van der Waals surface area contributed by atoms with Gasteiger partial charge < -0.3 is 19.7 Å². The summed E-state index contributed by atoms with van der Waals surface area (Å²) in [6, 6.07) is 1.79. The smallest absolute Gasteiger partial charge is 0.124 e. The molecule has 5 heteroatoms. The molecule has 0 amide bonds. The Bertz CT molecular complexity index is 285. The van der Waals surface area contributed by atoms with E-state index < -0.39 is 6.10 Å². The van der Waals surface area contributed by atoms with E-state index in [0.717, 1.165) is 18.2 Å². The molecule has 0 spiro atoms. The van der Waals surface area contributed by atoms with E-state index in [0.29, 0.717) is 19.7 Å². The summed E-state index contributed by atoms with van der Waals surface area (Å²) in [5.41, 5.74) is 0.839.